The number of hydrogen-bond donors (Lipinski definition) is 3. The van der Waals surface area contributed by atoms with Gasteiger partial charge in [0.25, 0.3) is 0 Å². The van der Waals surface area contributed by atoms with Crippen LogP contribution in [0.5, 0.6) is 0 Å². The lowest BCUT2D eigenvalue weighted by Gasteiger charge is -2.27. The minimum atomic E-state index is -1.00. The second-order valence-corrected chi connectivity index (χ2v) is 9.11. The van der Waals surface area contributed by atoms with Crippen LogP contribution in [0.4, 0.5) is 4.79 Å². The van der Waals surface area contributed by atoms with E-state index in [4.69, 9.17) is 9.84 Å². The fourth-order valence-electron chi connectivity index (χ4n) is 4.30. The van der Waals surface area contributed by atoms with Gasteiger partial charge in [-0.05, 0) is 42.5 Å². The molecule has 0 radical (unpaired) electrons. The van der Waals surface area contributed by atoms with Crippen LogP contribution in [-0.2, 0) is 14.3 Å². The van der Waals surface area contributed by atoms with Crippen LogP contribution in [0.15, 0.2) is 48.5 Å². The number of aliphatic carboxylic acids is 1. The summed E-state index contributed by atoms with van der Waals surface area (Å²) >= 11 is 0. The van der Waals surface area contributed by atoms with Crippen molar-refractivity contribution in [2.45, 2.75) is 64.0 Å². The second kappa shape index (κ2) is 10.5. The average molecular weight is 453 g/mol. The van der Waals surface area contributed by atoms with Gasteiger partial charge in [-0.1, -0.05) is 68.3 Å². The molecule has 1 aliphatic rings. The zero-order chi connectivity index (χ0) is 24.0. The Hall–Kier alpha value is -3.35. The number of hydrogen-bond acceptors (Lipinski definition) is 4. The molecule has 7 nitrogen and oxygen atoms in total. The molecule has 3 rings (SSSR count). The first kappa shape index (κ1) is 24.3. The average Bonchev–Trinajstić information content (AvgIpc) is 3.07. The van der Waals surface area contributed by atoms with Crippen LogP contribution in [0.3, 0.4) is 0 Å². The zero-order valence-electron chi connectivity index (χ0n) is 19.4. The molecule has 0 bridgehead atoms. The van der Waals surface area contributed by atoms with E-state index < -0.39 is 29.6 Å². The SMILES string of the molecule is CCCC[C@H](NC(=O)OCC1c2ccccc2-c2ccccc21)C(=O)NC(C)(C)CC(=O)O. The predicted molar refractivity (Wildman–Crippen MR) is 126 cm³/mol. The number of carbonyl (C=O) groups excluding carboxylic acids is 2. The summed E-state index contributed by atoms with van der Waals surface area (Å²) in [5, 5.41) is 14.5. The molecule has 0 spiro atoms. The third-order valence-electron chi connectivity index (χ3n) is 5.85. The van der Waals surface area contributed by atoms with Crippen LogP contribution in [0.1, 0.15) is 63.5 Å². The van der Waals surface area contributed by atoms with Gasteiger partial charge in [-0.15, -0.1) is 0 Å². The highest BCUT2D eigenvalue weighted by molar-refractivity contribution is 5.86. The number of rotatable bonds is 10. The van der Waals surface area contributed by atoms with E-state index in [9.17, 15) is 14.4 Å². The lowest BCUT2D eigenvalue weighted by Crippen LogP contribution is -2.54. The molecule has 0 saturated heterocycles. The number of carboxylic acid groups (broad SMARTS) is 1. The monoisotopic (exact) mass is 452 g/mol. The van der Waals surface area contributed by atoms with Crippen molar-refractivity contribution in [2.24, 2.45) is 0 Å². The Morgan fingerprint density at radius 3 is 2.15 bits per heavy atom. The Labute approximate surface area is 194 Å². The van der Waals surface area contributed by atoms with Gasteiger partial charge in [-0.3, -0.25) is 9.59 Å². The van der Waals surface area contributed by atoms with Crippen molar-refractivity contribution in [3.05, 3.63) is 59.7 Å². The molecule has 0 fully saturated rings. The summed E-state index contributed by atoms with van der Waals surface area (Å²) in [4.78, 5) is 36.5. The molecule has 176 valence electrons. The summed E-state index contributed by atoms with van der Waals surface area (Å²) in [5.41, 5.74) is 3.58. The van der Waals surface area contributed by atoms with E-state index in [1.54, 1.807) is 13.8 Å². The van der Waals surface area contributed by atoms with Gasteiger partial charge >= 0.3 is 12.1 Å². The molecule has 2 aromatic rings. The molecule has 0 saturated carbocycles. The molecule has 1 aliphatic carbocycles. The lowest BCUT2D eigenvalue weighted by molar-refractivity contribution is -0.138. The standard InChI is InChI=1S/C26H32N2O5/c1-4-5-14-22(24(31)28-26(2,3)15-23(29)30)27-25(32)33-16-21-19-12-8-6-10-17(19)18-11-7-9-13-20(18)21/h6-13,21-22H,4-5,14-16H2,1-3H3,(H,27,32)(H,28,31)(H,29,30)/t22-/m0/s1. The van der Waals surface area contributed by atoms with E-state index in [1.807, 2.05) is 43.3 Å². The lowest BCUT2D eigenvalue weighted by atomic mass is 9.98. The molecule has 2 amide bonds. The molecule has 1 atom stereocenters. The molecule has 7 heteroatoms. The van der Waals surface area contributed by atoms with Crippen molar-refractivity contribution in [1.29, 1.82) is 0 Å². The number of unbranched alkanes of at least 4 members (excludes halogenated alkanes) is 1. The largest absolute Gasteiger partial charge is 0.481 e. The van der Waals surface area contributed by atoms with Gasteiger partial charge in [0.05, 0.1) is 6.42 Å². The summed E-state index contributed by atoms with van der Waals surface area (Å²) in [6, 6.07) is 15.4. The fraction of sp³-hybridized carbons (Fsp3) is 0.423. The first-order chi connectivity index (χ1) is 15.7. The van der Waals surface area contributed by atoms with Crippen LogP contribution in [0.2, 0.25) is 0 Å². The van der Waals surface area contributed by atoms with Crippen LogP contribution in [0, 0.1) is 0 Å². The van der Waals surface area contributed by atoms with E-state index in [0.717, 1.165) is 35.1 Å². The van der Waals surface area contributed by atoms with Crippen molar-refractivity contribution in [3.8, 4) is 11.1 Å². The van der Waals surface area contributed by atoms with Gasteiger partial charge in [-0.2, -0.15) is 0 Å². The van der Waals surface area contributed by atoms with Gasteiger partial charge in [0.1, 0.15) is 12.6 Å². The Bertz CT molecular complexity index is 972. The van der Waals surface area contributed by atoms with E-state index in [-0.39, 0.29) is 18.9 Å². The van der Waals surface area contributed by atoms with Gasteiger partial charge in [0, 0.05) is 11.5 Å². The van der Waals surface area contributed by atoms with Crippen molar-refractivity contribution in [3.63, 3.8) is 0 Å². The number of amides is 2. The number of carbonyl (C=O) groups is 3. The molecule has 2 aromatic carbocycles. The molecular weight excluding hydrogens is 420 g/mol. The van der Waals surface area contributed by atoms with Crippen molar-refractivity contribution in [1.82, 2.24) is 10.6 Å². The van der Waals surface area contributed by atoms with E-state index >= 15 is 0 Å². The first-order valence-corrected chi connectivity index (χ1v) is 11.4. The van der Waals surface area contributed by atoms with Gasteiger partial charge in [-0.25, -0.2) is 4.79 Å². The highest BCUT2D eigenvalue weighted by Crippen LogP contribution is 2.44. The van der Waals surface area contributed by atoms with Crippen LogP contribution in [-0.4, -0.2) is 41.3 Å². The molecule has 0 unspecified atom stereocenters. The normalized spacial score (nSPS) is 13.5. The fourth-order valence-corrected chi connectivity index (χ4v) is 4.30. The van der Waals surface area contributed by atoms with Crippen molar-refractivity contribution < 1.29 is 24.2 Å². The summed E-state index contributed by atoms with van der Waals surface area (Å²) in [6.45, 7) is 5.44. The van der Waals surface area contributed by atoms with Gasteiger partial charge < -0.3 is 20.5 Å². The van der Waals surface area contributed by atoms with E-state index in [2.05, 4.69) is 22.8 Å². The Balaban J connectivity index is 1.65. The maximum atomic E-state index is 12.8. The second-order valence-electron chi connectivity index (χ2n) is 9.11. The van der Waals surface area contributed by atoms with Crippen molar-refractivity contribution >= 4 is 18.0 Å². The topological polar surface area (TPSA) is 105 Å². The van der Waals surface area contributed by atoms with E-state index in [0.29, 0.717) is 6.42 Å². The minimum absolute atomic E-state index is 0.0689. The quantitative estimate of drug-likeness (QED) is 0.494. The summed E-state index contributed by atoms with van der Waals surface area (Å²) in [6.07, 6.45) is 1.15. The maximum Gasteiger partial charge on any atom is 0.407 e. The number of ether oxygens (including phenoxy) is 1. The highest BCUT2D eigenvalue weighted by Gasteiger charge is 2.31. The van der Waals surface area contributed by atoms with Gasteiger partial charge in [0.15, 0.2) is 0 Å². The number of benzene rings is 2. The maximum absolute atomic E-state index is 12.8. The van der Waals surface area contributed by atoms with Gasteiger partial charge in [0.2, 0.25) is 5.91 Å². The Morgan fingerprint density at radius 2 is 1.61 bits per heavy atom. The number of nitrogens with one attached hydrogen (secondary N) is 2. The summed E-state index contributed by atoms with van der Waals surface area (Å²) in [5.74, 6) is -1.49. The molecule has 3 N–H and O–H groups in total. The van der Waals surface area contributed by atoms with Crippen LogP contribution < -0.4 is 10.6 Å². The summed E-state index contributed by atoms with van der Waals surface area (Å²) < 4.78 is 5.57. The number of alkyl carbamates (subject to hydrolysis) is 1. The Kier molecular flexibility index (Phi) is 7.74. The summed E-state index contributed by atoms with van der Waals surface area (Å²) in [7, 11) is 0. The molecule has 0 aromatic heterocycles. The number of carboxylic acids is 1. The third kappa shape index (κ3) is 6.12. The smallest absolute Gasteiger partial charge is 0.407 e. The first-order valence-electron chi connectivity index (χ1n) is 11.4. The predicted octanol–water partition coefficient (Wildman–Crippen LogP) is 4.45. The number of fused-ring (bicyclic) bond motifs is 3. The third-order valence-corrected chi connectivity index (χ3v) is 5.85. The molecule has 0 heterocycles. The molecule has 33 heavy (non-hydrogen) atoms. The minimum Gasteiger partial charge on any atom is -0.481 e. The highest BCUT2D eigenvalue weighted by atomic mass is 16.5. The van der Waals surface area contributed by atoms with E-state index in [1.165, 1.54) is 0 Å². The molecular formula is C26H32N2O5. The van der Waals surface area contributed by atoms with Crippen LogP contribution in [0.25, 0.3) is 11.1 Å². The van der Waals surface area contributed by atoms with Crippen molar-refractivity contribution in [2.75, 3.05) is 6.61 Å². The van der Waals surface area contributed by atoms with Crippen LogP contribution >= 0.6 is 0 Å². The zero-order valence-corrected chi connectivity index (χ0v) is 19.4. The molecule has 0 aliphatic heterocycles. The Morgan fingerprint density at radius 1 is 1.03 bits per heavy atom.